The number of phenols is 1. The van der Waals surface area contributed by atoms with Crippen LogP contribution < -0.4 is 4.74 Å². The monoisotopic (exact) mass is 442 g/mol. The molecule has 0 aliphatic carbocycles. The van der Waals surface area contributed by atoms with E-state index in [4.69, 9.17) is 4.74 Å². The molecule has 33 heavy (non-hydrogen) atoms. The number of hydrogen-bond donors (Lipinski definition) is 1. The molecule has 4 aromatic rings. The Hall–Kier alpha value is -4.66. The number of hydrogen-bond acceptors (Lipinski definition) is 8. The predicted octanol–water partition coefficient (Wildman–Crippen LogP) is 6.10. The van der Waals surface area contributed by atoms with Gasteiger partial charge in [-0.3, -0.25) is 15.1 Å². The van der Waals surface area contributed by atoms with E-state index in [0.717, 1.165) is 0 Å². The number of azo groups is 1. The molecule has 0 aliphatic heterocycles. The van der Waals surface area contributed by atoms with Crippen LogP contribution >= 0.6 is 0 Å². The highest BCUT2D eigenvalue weighted by atomic mass is 16.6. The maximum Gasteiger partial charge on any atom is 0.343 e. The smallest absolute Gasteiger partial charge is 0.343 e. The first-order valence-electron chi connectivity index (χ1n) is 9.89. The Labute approximate surface area is 188 Å². The number of ether oxygens (including phenoxy) is 1. The minimum absolute atomic E-state index is 0.105. The van der Waals surface area contributed by atoms with E-state index in [0.29, 0.717) is 33.4 Å². The van der Waals surface area contributed by atoms with Gasteiger partial charge in [-0.25, -0.2) is 4.79 Å². The molecule has 0 fully saturated rings. The largest absolute Gasteiger partial charge is 0.507 e. The van der Waals surface area contributed by atoms with Crippen LogP contribution in [0.3, 0.4) is 0 Å². The number of fused-ring (bicyclic) bond motifs is 1. The highest BCUT2D eigenvalue weighted by Gasteiger charge is 2.14. The molecule has 0 saturated heterocycles. The first kappa shape index (κ1) is 21.6. The van der Waals surface area contributed by atoms with Crippen LogP contribution in [0.15, 0.2) is 77.1 Å². The lowest BCUT2D eigenvalue weighted by atomic mass is 10.1. The topological polar surface area (TPSA) is 127 Å². The van der Waals surface area contributed by atoms with Gasteiger partial charge in [-0.1, -0.05) is 0 Å². The van der Waals surface area contributed by atoms with Crippen molar-refractivity contribution < 1.29 is 19.6 Å². The Kier molecular flexibility index (Phi) is 5.77. The van der Waals surface area contributed by atoms with Crippen molar-refractivity contribution in [3.05, 3.63) is 93.7 Å². The molecule has 0 amide bonds. The quantitative estimate of drug-likeness (QED) is 0.131. The van der Waals surface area contributed by atoms with Crippen LogP contribution in [0.5, 0.6) is 11.5 Å². The van der Waals surface area contributed by atoms with E-state index in [9.17, 15) is 20.0 Å². The highest BCUT2D eigenvalue weighted by Crippen LogP contribution is 2.31. The average Bonchev–Trinajstić information content (AvgIpc) is 2.81. The summed E-state index contributed by atoms with van der Waals surface area (Å²) in [4.78, 5) is 27.3. The van der Waals surface area contributed by atoms with Crippen LogP contribution in [0.25, 0.3) is 10.9 Å². The summed E-state index contributed by atoms with van der Waals surface area (Å²) in [5.74, 6) is -0.284. The number of rotatable bonds is 5. The lowest BCUT2D eigenvalue weighted by molar-refractivity contribution is -0.384. The van der Waals surface area contributed by atoms with E-state index in [-0.39, 0.29) is 22.7 Å². The third-order valence-corrected chi connectivity index (χ3v) is 4.94. The standard InChI is InChI=1S/C24H18N4O5/c1-14-10-17(11-15(2)23(14)29)26-27-22-13-16(12-21-20(22)4-3-9-25-21)24(30)33-19-7-5-18(6-8-19)28(31)32/h3-13,29H,1-2H3. The lowest BCUT2D eigenvalue weighted by Crippen LogP contribution is -2.08. The molecule has 0 radical (unpaired) electrons. The van der Waals surface area contributed by atoms with Gasteiger partial charge in [0, 0.05) is 23.7 Å². The number of nitrogens with zero attached hydrogens (tertiary/aromatic N) is 4. The molecule has 1 aromatic heterocycles. The van der Waals surface area contributed by atoms with E-state index >= 15 is 0 Å². The lowest BCUT2D eigenvalue weighted by Gasteiger charge is -2.07. The zero-order valence-electron chi connectivity index (χ0n) is 17.7. The average molecular weight is 442 g/mol. The summed E-state index contributed by atoms with van der Waals surface area (Å²) in [5, 5.41) is 30.0. The van der Waals surface area contributed by atoms with Gasteiger partial charge in [0.1, 0.15) is 11.5 Å². The van der Waals surface area contributed by atoms with Crippen LogP contribution in [-0.4, -0.2) is 21.0 Å². The molecule has 0 bridgehead atoms. The summed E-state index contributed by atoms with van der Waals surface area (Å²) in [6, 6.07) is 15.3. The molecule has 0 atom stereocenters. The maximum absolute atomic E-state index is 12.7. The molecule has 1 N–H and O–H groups in total. The van der Waals surface area contributed by atoms with Crippen molar-refractivity contribution in [3.63, 3.8) is 0 Å². The number of nitro groups is 1. The van der Waals surface area contributed by atoms with E-state index in [1.165, 1.54) is 24.3 Å². The van der Waals surface area contributed by atoms with Crippen LogP contribution in [0, 0.1) is 24.0 Å². The summed E-state index contributed by atoms with van der Waals surface area (Å²) in [5.41, 5.74) is 2.95. The highest BCUT2D eigenvalue weighted by molar-refractivity contribution is 6.00. The number of esters is 1. The second-order valence-electron chi connectivity index (χ2n) is 7.33. The Morgan fingerprint density at radius 1 is 1.03 bits per heavy atom. The summed E-state index contributed by atoms with van der Waals surface area (Å²) < 4.78 is 5.36. The van der Waals surface area contributed by atoms with Crippen molar-refractivity contribution in [2.45, 2.75) is 13.8 Å². The van der Waals surface area contributed by atoms with Crippen LogP contribution in [-0.2, 0) is 0 Å². The van der Waals surface area contributed by atoms with Gasteiger partial charge in [-0.2, -0.15) is 5.11 Å². The fraction of sp³-hybridized carbons (Fsp3) is 0.0833. The number of benzene rings is 3. The molecule has 0 spiro atoms. The third kappa shape index (κ3) is 4.67. The molecule has 9 heteroatoms. The van der Waals surface area contributed by atoms with Gasteiger partial charge in [-0.05, 0) is 73.5 Å². The Morgan fingerprint density at radius 3 is 2.39 bits per heavy atom. The van der Waals surface area contributed by atoms with Crippen molar-refractivity contribution in [2.24, 2.45) is 10.2 Å². The van der Waals surface area contributed by atoms with Crippen LogP contribution in [0.4, 0.5) is 17.1 Å². The van der Waals surface area contributed by atoms with E-state index in [1.54, 1.807) is 50.4 Å². The Bertz CT molecular complexity index is 1390. The summed E-state index contributed by atoms with van der Waals surface area (Å²) in [7, 11) is 0. The maximum atomic E-state index is 12.7. The van der Waals surface area contributed by atoms with Gasteiger partial charge in [0.05, 0.1) is 27.4 Å². The number of carbonyl (C=O) groups excluding carboxylic acids is 1. The van der Waals surface area contributed by atoms with Gasteiger partial charge in [0.15, 0.2) is 0 Å². The number of aromatic nitrogens is 1. The molecule has 9 nitrogen and oxygen atoms in total. The number of nitro benzene ring substituents is 1. The first-order valence-corrected chi connectivity index (χ1v) is 9.89. The van der Waals surface area contributed by atoms with E-state index in [1.807, 2.05) is 6.07 Å². The van der Waals surface area contributed by atoms with Gasteiger partial charge >= 0.3 is 5.97 Å². The third-order valence-electron chi connectivity index (χ3n) is 4.94. The van der Waals surface area contributed by atoms with Crippen LogP contribution in [0.2, 0.25) is 0 Å². The number of aryl methyl sites for hydroxylation is 2. The number of non-ortho nitro benzene ring substituents is 1. The SMILES string of the molecule is Cc1cc(N=Nc2cc(C(=O)Oc3ccc([N+](=O)[O-])cc3)cc3ncccc23)cc(C)c1O. The van der Waals surface area contributed by atoms with E-state index in [2.05, 4.69) is 15.2 Å². The number of phenolic OH excluding ortho intramolecular Hbond substituents is 1. The van der Waals surface area contributed by atoms with Crippen molar-refractivity contribution >= 4 is 33.9 Å². The van der Waals surface area contributed by atoms with Gasteiger partial charge < -0.3 is 9.84 Å². The zero-order valence-corrected chi connectivity index (χ0v) is 17.7. The van der Waals surface area contributed by atoms with Crippen molar-refractivity contribution in [1.29, 1.82) is 0 Å². The number of carbonyl (C=O) groups is 1. The van der Waals surface area contributed by atoms with Crippen LogP contribution in [0.1, 0.15) is 21.5 Å². The molecular weight excluding hydrogens is 424 g/mol. The Balaban J connectivity index is 1.68. The van der Waals surface area contributed by atoms with E-state index < -0.39 is 10.9 Å². The summed E-state index contributed by atoms with van der Waals surface area (Å²) in [6.07, 6.45) is 1.60. The number of pyridine rings is 1. The molecule has 3 aromatic carbocycles. The van der Waals surface area contributed by atoms with Crippen molar-refractivity contribution in [1.82, 2.24) is 4.98 Å². The number of aromatic hydroxyl groups is 1. The van der Waals surface area contributed by atoms with Gasteiger partial charge in [-0.15, -0.1) is 5.11 Å². The molecule has 0 aliphatic rings. The second-order valence-corrected chi connectivity index (χ2v) is 7.33. The summed E-state index contributed by atoms with van der Waals surface area (Å²) >= 11 is 0. The second kappa shape index (κ2) is 8.83. The van der Waals surface area contributed by atoms with Gasteiger partial charge in [0.2, 0.25) is 0 Å². The molecule has 4 rings (SSSR count). The fourth-order valence-corrected chi connectivity index (χ4v) is 3.27. The molecular formula is C24H18N4O5. The van der Waals surface area contributed by atoms with Gasteiger partial charge in [0.25, 0.3) is 5.69 Å². The molecule has 164 valence electrons. The predicted molar refractivity (Wildman–Crippen MR) is 122 cm³/mol. The minimum Gasteiger partial charge on any atom is -0.507 e. The normalized spacial score (nSPS) is 11.1. The fourth-order valence-electron chi connectivity index (χ4n) is 3.27. The van der Waals surface area contributed by atoms with Crippen molar-refractivity contribution in [3.8, 4) is 11.5 Å². The zero-order chi connectivity index (χ0) is 23.5. The molecule has 0 saturated carbocycles. The van der Waals surface area contributed by atoms with Crippen molar-refractivity contribution in [2.75, 3.05) is 0 Å². The minimum atomic E-state index is -0.663. The first-order chi connectivity index (χ1) is 15.8. The molecule has 1 heterocycles. The summed E-state index contributed by atoms with van der Waals surface area (Å²) in [6.45, 7) is 3.55. The Morgan fingerprint density at radius 2 is 1.73 bits per heavy atom. The molecule has 0 unspecified atom stereocenters.